The van der Waals surface area contributed by atoms with Crippen molar-refractivity contribution in [1.82, 2.24) is 5.32 Å². The molecular weight excluding hydrogens is 323 g/mol. The highest BCUT2D eigenvalue weighted by Gasteiger charge is 2.14. The van der Waals surface area contributed by atoms with E-state index >= 15 is 0 Å². The summed E-state index contributed by atoms with van der Waals surface area (Å²) in [6.07, 6.45) is 0. The van der Waals surface area contributed by atoms with Gasteiger partial charge < -0.3 is 11.1 Å². The Morgan fingerprint density at radius 3 is 2.50 bits per heavy atom. The fourth-order valence-electron chi connectivity index (χ4n) is 1.85. The minimum atomic E-state index is -0.301. The van der Waals surface area contributed by atoms with Crippen molar-refractivity contribution in [2.24, 2.45) is 0 Å². The van der Waals surface area contributed by atoms with Crippen LogP contribution in [0.5, 0.6) is 0 Å². The number of amides is 1. The van der Waals surface area contributed by atoms with Gasteiger partial charge in [0.05, 0.1) is 11.6 Å². The van der Waals surface area contributed by atoms with Gasteiger partial charge in [0.25, 0.3) is 5.91 Å². The molecule has 0 unspecified atom stereocenters. The molecule has 0 saturated heterocycles. The van der Waals surface area contributed by atoms with E-state index in [2.05, 4.69) is 21.2 Å². The van der Waals surface area contributed by atoms with Crippen LogP contribution in [-0.2, 0) is 0 Å². The molecule has 0 aliphatic carbocycles. The molecule has 2 aromatic carbocycles. The van der Waals surface area contributed by atoms with Crippen molar-refractivity contribution in [3.63, 3.8) is 0 Å². The Kier molecular flexibility index (Phi) is 4.39. The number of nitrogen functional groups attached to an aromatic ring is 1. The van der Waals surface area contributed by atoms with Gasteiger partial charge in [0.1, 0.15) is 5.82 Å². The Labute approximate surface area is 125 Å². The van der Waals surface area contributed by atoms with E-state index in [0.717, 1.165) is 10.0 Å². The van der Waals surface area contributed by atoms with E-state index in [-0.39, 0.29) is 17.8 Å². The number of hydrogen-bond donors (Lipinski definition) is 2. The molecule has 2 rings (SSSR count). The first-order valence-electron chi connectivity index (χ1n) is 6.08. The van der Waals surface area contributed by atoms with Crippen LogP contribution in [0.2, 0.25) is 0 Å². The fraction of sp³-hybridized carbons (Fsp3) is 0.133. The van der Waals surface area contributed by atoms with E-state index in [1.54, 1.807) is 30.3 Å². The SMILES string of the molecule is C[C@@H](NC(=O)c1ccc(Br)cc1N)c1ccc(F)cc1. The number of nitrogens with one attached hydrogen (secondary N) is 1. The van der Waals surface area contributed by atoms with Gasteiger partial charge in [-0.3, -0.25) is 4.79 Å². The fourth-order valence-corrected chi connectivity index (χ4v) is 2.23. The molecule has 0 fully saturated rings. The molecule has 3 nitrogen and oxygen atoms in total. The average molecular weight is 337 g/mol. The highest BCUT2D eigenvalue weighted by atomic mass is 79.9. The zero-order chi connectivity index (χ0) is 14.7. The molecule has 1 atom stereocenters. The summed E-state index contributed by atoms with van der Waals surface area (Å²) in [6.45, 7) is 1.83. The molecule has 20 heavy (non-hydrogen) atoms. The number of halogens is 2. The van der Waals surface area contributed by atoms with Crippen molar-refractivity contribution in [3.8, 4) is 0 Å². The van der Waals surface area contributed by atoms with Crippen molar-refractivity contribution in [3.05, 3.63) is 63.9 Å². The van der Waals surface area contributed by atoms with Crippen molar-refractivity contribution >= 4 is 27.5 Å². The van der Waals surface area contributed by atoms with Crippen LogP contribution in [0.3, 0.4) is 0 Å². The number of hydrogen-bond acceptors (Lipinski definition) is 2. The molecule has 2 aromatic rings. The molecule has 0 saturated carbocycles. The average Bonchev–Trinajstić information content (AvgIpc) is 2.39. The lowest BCUT2D eigenvalue weighted by molar-refractivity contribution is 0.0941. The number of carbonyl (C=O) groups excluding carboxylic acids is 1. The Bertz CT molecular complexity index is 628. The second-order valence-electron chi connectivity index (χ2n) is 4.48. The van der Waals surface area contributed by atoms with Gasteiger partial charge in [0.15, 0.2) is 0 Å². The molecule has 0 aliphatic rings. The monoisotopic (exact) mass is 336 g/mol. The lowest BCUT2D eigenvalue weighted by Crippen LogP contribution is -2.27. The third-order valence-corrected chi connectivity index (χ3v) is 3.47. The van der Waals surface area contributed by atoms with Gasteiger partial charge in [-0.1, -0.05) is 28.1 Å². The van der Waals surface area contributed by atoms with Crippen LogP contribution in [0.25, 0.3) is 0 Å². The molecule has 5 heteroatoms. The molecule has 0 radical (unpaired) electrons. The van der Waals surface area contributed by atoms with E-state index in [1.165, 1.54) is 12.1 Å². The smallest absolute Gasteiger partial charge is 0.253 e. The number of benzene rings is 2. The highest BCUT2D eigenvalue weighted by Crippen LogP contribution is 2.20. The quantitative estimate of drug-likeness (QED) is 0.840. The highest BCUT2D eigenvalue weighted by molar-refractivity contribution is 9.10. The van der Waals surface area contributed by atoms with Crippen LogP contribution in [0.1, 0.15) is 28.9 Å². The standard InChI is InChI=1S/C15H14BrFN2O/c1-9(10-2-5-12(17)6-3-10)19-15(20)13-7-4-11(16)8-14(13)18/h2-9H,18H2,1H3,(H,19,20)/t9-/m1/s1. The summed E-state index contributed by atoms with van der Waals surface area (Å²) in [6, 6.07) is 10.9. The molecule has 0 heterocycles. The Morgan fingerprint density at radius 1 is 1.25 bits per heavy atom. The summed E-state index contributed by atoms with van der Waals surface area (Å²) in [4.78, 5) is 12.1. The van der Waals surface area contributed by atoms with Crippen LogP contribution >= 0.6 is 15.9 Å². The maximum Gasteiger partial charge on any atom is 0.253 e. The van der Waals surface area contributed by atoms with Crippen LogP contribution in [0.4, 0.5) is 10.1 Å². The maximum atomic E-state index is 12.9. The van der Waals surface area contributed by atoms with Crippen molar-refractivity contribution in [2.75, 3.05) is 5.73 Å². The van der Waals surface area contributed by atoms with Crippen LogP contribution in [-0.4, -0.2) is 5.91 Å². The summed E-state index contributed by atoms with van der Waals surface area (Å²) in [5, 5.41) is 2.84. The topological polar surface area (TPSA) is 55.1 Å². The van der Waals surface area contributed by atoms with Gasteiger partial charge in [-0.25, -0.2) is 4.39 Å². The first-order chi connectivity index (χ1) is 9.47. The summed E-state index contributed by atoms with van der Waals surface area (Å²) in [7, 11) is 0. The van der Waals surface area contributed by atoms with Gasteiger partial charge >= 0.3 is 0 Å². The van der Waals surface area contributed by atoms with E-state index < -0.39 is 0 Å². The van der Waals surface area contributed by atoms with Crippen LogP contribution in [0, 0.1) is 5.82 Å². The normalized spacial score (nSPS) is 11.9. The Balaban J connectivity index is 2.13. The first-order valence-corrected chi connectivity index (χ1v) is 6.88. The zero-order valence-corrected chi connectivity index (χ0v) is 12.4. The largest absolute Gasteiger partial charge is 0.398 e. The second kappa shape index (κ2) is 6.05. The molecular formula is C15H14BrFN2O. The van der Waals surface area contributed by atoms with Gasteiger partial charge in [-0.15, -0.1) is 0 Å². The lowest BCUT2D eigenvalue weighted by atomic mass is 10.1. The summed E-state index contributed by atoms with van der Waals surface area (Å²) in [5.74, 6) is -0.559. The molecule has 0 aliphatic heterocycles. The van der Waals surface area contributed by atoms with E-state index in [1.807, 2.05) is 6.92 Å². The second-order valence-corrected chi connectivity index (χ2v) is 5.39. The molecule has 0 spiro atoms. The van der Waals surface area contributed by atoms with Crippen LogP contribution < -0.4 is 11.1 Å². The maximum absolute atomic E-state index is 12.9. The number of anilines is 1. The van der Waals surface area contributed by atoms with Gasteiger partial charge in [0.2, 0.25) is 0 Å². The van der Waals surface area contributed by atoms with Crippen LogP contribution in [0.15, 0.2) is 46.9 Å². The van der Waals surface area contributed by atoms with E-state index in [9.17, 15) is 9.18 Å². The Morgan fingerprint density at radius 2 is 1.90 bits per heavy atom. The van der Waals surface area contributed by atoms with Crippen molar-refractivity contribution < 1.29 is 9.18 Å². The van der Waals surface area contributed by atoms with Crippen molar-refractivity contribution in [2.45, 2.75) is 13.0 Å². The third-order valence-electron chi connectivity index (χ3n) is 2.98. The number of nitrogens with two attached hydrogens (primary N) is 1. The van der Waals surface area contributed by atoms with E-state index in [0.29, 0.717) is 11.3 Å². The predicted octanol–water partition coefficient (Wildman–Crippen LogP) is 3.66. The molecule has 104 valence electrons. The van der Waals surface area contributed by atoms with Gasteiger partial charge in [0, 0.05) is 10.2 Å². The lowest BCUT2D eigenvalue weighted by Gasteiger charge is -2.15. The zero-order valence-electron chi connectivity index (χ0n) is 10.9. The summed E-state index contributed by atoms with van der Waals surface area (Å²) < 4.78 is 13.7. The summed E-state index contributed by atoms with van der Waals surface area (Å²) >= 11 is 3.29. The third kappa shape index (κ3) is 3.36. The molecule has 0 aromatic heterocycles. The number of carbonyl (C=O) groups is 1. The molecule has 1 amide bonds. The number of rotatable bonds is 3. The van der Waals surface area contributed by atoms with Gasteiger partial charge in [-0.05, 0) is 42.8 Å². The predicted molar refractivity (Wildman–Crippen MR) is 80.8 cm³/mol. The minimum absolute atomic E-state index is 0.230. The Hall–Kier alpha value is -1.88. The minimum Gasteiger partial charge on any atom is -0.398 e. The molecule has 3 N–H and O–H groups in total. The molecule has 0 bridgehead atoms. The van der Waals surface area contributed by atoms with E-state index in [4.69, 9.17) is 5.73 Å². The van der Waals surface area contributed by atoms with Crippen molar-refractivity contribution in [1.29, 1.82) is 0 Å². The summed E-state index contributed by atoms with van der Waals surface area (Å²) in [5.41, 5.74) is 7.47. The van der Waals surface area contributed by atoms with Gasteiger partial charge in [-0.2, -0.15) is 0 Å². The first kappa shape index (κ1) is 14.5.